The summed E-state index contributed by atoms with van der Waals surface area (Å²) in [7, 11) is -1.01. The van der Waals surface area contributed by atoms with Gasteiger partial charge in [0.1, 0.15) is 17.0 Å². The first-order valence-corrected chi connectivity index (χ1v) is 10.3. The molecule has 0 unspecified atom stereocenters. The molecule has 0 aromatic heterocycles. The Hall–Kier alpha value is -2.07. The summed E-state index contributed by atoms with van der Waals surface area (Å²) in [4.78, 5) is 10.7. The molecule has 12 heteroatoms. The number of nitro benzene ring substituents is 1. The average molecular weight is 437 g/mol. The van der Waals surface area contributed by atoms with Crippen molar-refractivity contribution in [2.24, 2.45) is 0 Å². The third-order valence-corrected chi connectivity index (χ3v) is 7.01. The van der Waals surface area contributed by atoms with Crippen molar-refractivity contribution in [3.05, 3.63) is 58.1 Å². The number of alkyl halides is 3. The SMILES string of the molecule is COP(=O)(CSc1cc(Oc2ccc(C(F)(F)F)cc2)ccc1[N+](=O)[O-])OC. The second-order valence-electron chi connectivity index (χ2n) is 5.26. The van der Waals surface area contributed by atoms with Gasteiger partial charge in [-0.2, -0.15) is 13.2 Å². The monoisotopic (exact) mass is 437 g/mol. The molecule has 0 aliphatic rings. The molecule has 28 heavy (non-hydrogen) atoms. The van der Waals surface area contributed by atoms with Crippen LogP contribution in [-0.2, 0) is 19.8 Å². The van der Waals surface area contributed by atoms with Gasteiger partial charge in [0.25, 0.3) is 5.69 Å². The summed E-state index contributed by atoms with van der Waals surface area (Å²) in [5.41, 5.74) is -1.25. The molecule has 0 amide bonds. The molecule has 7 nitrogen and oxygen atoms in total. The van der Waals surface area contributed by atoms with Crippen LogP contribution >= 0.6 is 19.4 Å². The normalized spacial score (nSPS) is 12.0. The number of hydrogen-bond donors (Lipinski definition) is 0. The van der Waals surface area contributed by atoms with Crippen molar-refractivity contribution >= 4 is 25.0 Å². The topological polar surface area (TPSA) is 87.9 Å². The minimum atomic E-state index is -4.47. The fourth-order valence-corrected chi connectivity index (χ4v) is 4.67. The van der Waals surface area contributed by atoms with Crippen LogP contribution in [0.2, 0.25) is 0 Å². The highest BCUT2D eigenvalue weighted by atomic mass is 32.2. The molecule has 0 bridgehead atoms. The Morgan fingerprint density at radius 3 is 2.14 bits per heavy atom. The molecule has 2 rings (SSSR count). The van der Waals surface area contributed by atoms with E-state index >= 15 is 0 Å². The maximum atomic E-state index is 12.6. The minimum absolute atomic E-state index is 0.122. The van der Waals surface area contributed by atoms with E-state index in [-0.39, 0.29) is 27.6 Å². The number of rotatable bonds is 8. The molecule has 0 spiro atoms. The van der Waals surface area contributed by atoms with Gasteiger partial charge in [0.05, 0.1) is 15.4 Å². The van der Waals surface area contributed by atoms with Gasteiger partial charge < -0.3 is 13.8 Å². The molecule has 0 N–H and O–H groups in total. The van der Waals surface area contributed by atoms with Crippen LogP contribution in [0.25, 0.3) is 0 Å². The van der Waals surface area contributed by atoms with E-state index in [9.17, 15) is 27.9 Å². The average Bonchev–Trinajstić information content (AvgIpc) is 2.65. The molecular formula is C16H15F3NO6PS. The van der Waals surface area contributed by atoms with Crippen molar-refractivity contribution in [3.8, 4) is 11.5 Å². The molecule has 0 fully saturated rings. The molecule has 0 heterocycles. The van der Waals surface area contributed by atoms with Gasteiger partial charge in [-0.15, -0.1) is 11.8 Å². The summed E-state index contributed by atoms with van der Waals surface area (Å²) in [6.07, 6.45) is -4.47. The molecule has 0 atom stereocenters. The van der Waals surface area contributed by atoms with E-state index in [1.165, 1.54) is 32.4 Å². The highest BCUT2D eigenvalue weighted by Crippen LogP contribution is 2.52. The van der Waals surface area contributed by atoms with Gasteiger partial charge in [-0.1, -0.05) is 0 Å². The number of nitrogens with zero attached hydrogens (tertiary/aromatic N) is 1. The number of thioether (sulfide) groups is 1. The molecule has 0 aliphatic heterocycles. The molecule has 2 aromatic carbocycles. The molecule has 0 saturated carbocycles. The number of benzene rings is 2. The molecule has 152 valence electrons. The van der Waals surface area contributed by atoms with Crippen molar-refractivity contribution in [2.45, 2.75) is 11.1 Å². The summed E-state index contributed by atoms with van der Waals surface area (Å²) in [5, 5.41) is 11.2. The van der Waals surface area contributed by atoms with Gasteiger partial charge in [0.15, 0.2) is 0 Å². The Balaban J connectivity index is 2.24. The third-order valence-electron chi connectivity index (χ3n) is 3.48. The molecular weight excluding hydrogens is 422 g/mol. The largest absolute Gasteiger partial charge is 0.457 e. The summed E-state index contributed by atoms with van der Waals surface area (Å²) in [6.45, 7) is 0. The number of halogens is 3. The summed E-state index contributed by atoms with van der Waals surface area (Å²) in [6, 6.07) is 7.84. The predicted molar refractivity (Wildman–Crippen MR) is 97.0 cm³/mol. The van der Waals surface area contributed by atoms with E-state index in [2.05, 4.69) is 0 Å². The second kappa shape index (κ2) is 8.95. The zero-order valence-electron chi connectivity index (χ0n) is 14.6. The van der Waals surface area contributed by atoms with Crippen molar-refractivity contribution in [1.82, 2.24) is 0 Å². The fraction of sp³-hybridized carbons (Fsp3) is 0.250. The van der Waals surface area contributed by atoms with E-state index in [1.807, 2.05) is 0 Å². The van der Waals surface area contributed by atoms with Crippen LogP contribution in [0.5, 0.6) is 11.5 Å². The van der Waals surface area contributed by atoms with E-state index in [0.717, 1.165) is 36.0 Å². The van der Waals surface area contributed by atoms with Crippen molar-refractivity contribution < 1.29 is 36.4 Å². The molecule has 2 aromatic rings. The Morgan fingerprint density at radius 1 is 1.07 bits per heavy atom. The zero-order valence-corrected chi connectivity index (χ0v) is 16.3. The Labute approximate surface area is 162 Å². The van der Waals surface area contributed by atoms with E-state index < -0.39 is 24.3 Å². The summed E-state index contributed by atoms with van der Waals surface area (Å²) in [5.74, 6) is 0.287. The molecule has 0 aliphatic carbocycles. The summed E-state index contributed by atoms with van der Waals surface area (Å²) < 4.78 is 65.0. The number of hydrogen-bond acceptors (Lipinski definition) is 7. The highest BCUT2D eigenvalue weighted by molar-refractivity contribution is 8.04. The number of ether oxygens (including phenoxy) is 1. The van der Waals surface area contributed by atoms with Gasteiger partial charge >= 0.3 is 13.8 Å². The fourth-order valence-electron chi connectivity index (χ4n) is 2.00. The van der Waals surface area contributed by atoms with Crippen LogP contribution in [0.4, 0.5) is 18.9 Å². The number of nitro groups is 1. The lowest BCUT2D eigenvalue weighted by Gasteiger charge is -2.13. The quantitative estimate of drug-likeness (QED) is 0.219. The first-order chi connectivity index (χ1) is 13.1. The first-order valence-electron chi connectivity index (χ1n) is 7.55. The van der Waals surface area contributed by atoms with Crippen LogP contribution in [0.3, 0.4) is 0 Å². The lowest BCUT2D eigenvalue weighted by Crippen LogP contribution is -2.04. The Kier molecular flexibility index (Phi) is 7.11. The molecule has 0 radical (unpaired) electrons. The third kappa shape index (κ3) is 5.71. The van der Waals surface area contributed by atoms with E-state index in [0.29, 0.717) is 0 Å². The van der Waals surface area contributed by atoms with Crippen molar-refractivity contribution in [3.63, 3.8) is 0 Å². The van der Waals surface area contributed by atoms with Gasteiger partial charge in [0.2, 0.25) is 0 Å². The van der Waals surface area contributed by atoms with Gasteiger partial charge in [0, 0.05) is 26.4 Å². The minimum Gasteiger partial charge on any atom is -0.457 e. The smallest absolute Gasteiger partial charge is 0.416 e. The second-order valence-corrected chi connectivity index (χ2v) is 8.97. The van der Waals surface area contributed by atoms with Gasteiger partial charge in [-0.3, -0.25) is 14.7 Å². The Morgan fingerprint density at radius 2 is 1.64 bits per heavy atom. The maximum Gasteiger partial charge on any atom is 0.416 e. The standard InChI is InChI=1S/C16H15F3NO6PS/c1-24-27(23,25-2)10-28-15-9-13(7-8-14(15)20(21)22)26-12-5-3-11(4-6-12)16(17,18)19/h3-9H,10H2,1-2H3. The van der Waals surface area contributed by atoms with Crippen LogP contribution in [0, 0.1) is 10.1 Å². The van der Waals surface area contributed by atoms with Crippen LogP contribution in [0.15, 0.2) is 47.4 Å². The van der Waals surface area contributed by atoms with Gasteiger partial charge in [-0.25, -0.2) is 0 Å². The van der Waals surface area contributed by atoms with Gasteiger partial charge in [-0.05, 0) is 30.3 Å². The zero-order chi connectivity index (χ0) is 20.9. The van der Waals surface area contributed by atoms with Crippen LogP contribution < -0.4 is 4.74 Å². The lowest BCUT2D eigenvalue weighted by atomic mass is 10.2. The van der Waals surface area contributed by atoms with E-state index in [4.69, 9.17) is 13.8 Å². The summed E-state index contributed by atoms with van der Waals surface area (Å²) >= 11 is 0.878. The lowest BCUT2D eigenvalue weighted by molar-refractivity contribution is -0.387. The van der Waals surface area contributed by atoms with Crippen molar-refractivity contribution in [1.29, 1.82) is 0 Å². The highest BCUT2D eigenvalue weighted by Gasteiger charge is 2.30. The first kappa shape index (κ1) is 22.2. The van der Waals surface area contributed by atoms with Crippen LogP contribution in [0.1, 0.15) is 5.56 Å². The van der Waals surface area contributed by atoms with E-state index in [1.54, 1.807) is 0 Å². The van der Waals surface area contributed by atoms with Crippen molar-refractivity contribution in [2.75, 3.05) is 19.7 Å². The maximum absolute atomic E-state index is 12.6. The molecule has 0 saturated heterocycles. The Bertz CT molecular complexity index is 883. The predicted octanol–water partition coefficient (Wildman–Crippen LogP) is 5.94. The van der Waals surface area contributed by atoms with Crippen LogP contribution in [-0.4, -0.2) is 24.6 Å².